The van der Waals surface area contributed by atoms with E-state index in [0.717, 1.165) is 4.90 Å². The highest BCUT2D eigenvalue weighted by Gasteiger charge is 2.34. The average Bonchev–Trinajstić information content (AvgIpc) is 2.70. The lowest BCUT2D eigenvalue weighted by molar-refractivity contribution is -0.121. The van der Waals surface area contributed by atoms with Crippen LogP contribution in [0.3, 0.4) is 0 Å². The van der Waals surface area contributed by atoms with Gasteiger partial charge in [0.2, 0.25) is 5.91 Å². The molecule has 0 aromatic heterocycles. The van der Waals surface area contributed by atoms with Crippen molar-refractivity contribution in [2.45, 2.75) is 12.8 Å². The van der Waals surface area contributed by atoms with Crippen LogP contribution in [0.5, 0.6) is 0 Å². The number of benzene rings is 1. The minimum absolute atomic E-state index is 0. The normalized spacial score (nSPS) is 12.9. The largest absolute Gasteiger partial charge is 0.354 e. The van der Waals surface area contributed by atoms with E-state index in [1.807, 2.05) is 0 Å². The molecule has 3 N–H and O–H groups in total. The Kier molecular flexibility index (Phi) is 6.33. The Hall–Kier alpha value is -1.92. The molecule has 21 heavy (non-hydrogen) atoms. The van der Waals surface area contributed by atoms with Crippen LogP contribution in [0.25, 0.3) is 0 Å². The fourth-order valence-electron chi connectivity index (χ4n) is 2.10. The first kappa shape index (κ1) is 17.1. The molecule has 0 bridgehead atoms. The van der Waals surface area contributed by atoms with Gasteiger partial charge in [-0.2, -0.15) is 0 Å². The van der Waals surface area contributed by atoms with Crippen LogP contribution in [-0.2, 0) is 4.79 Å². The van der Waals surface area contributed by atoms with Gasteiger partial charge >= 0.3 is 0 Å². The van der Waals surface area contributed by atoms with Gasteiger partial charge in [0.15, 0.2) is 0 Å². The molecule has 0 atom stereocenters. The van der Waals surface area contributed by atoms with Crippen molar-refractivity contribution in [1.82, 2.24) is 10.2 Å². The number of hydrogen-bond donors (Lipinski definition) is 2. The topological polar surface area (TPSA) is 92.5 Å². The lowest BCUT2D eigenvalue weighted by Crippen LogP contribution is -2.38. The van der Waals surface area contributed by atoms with Crippen LogP contribution in [-0.4, -0.2) is 42.3 Å². The summed E-state index contributed by atoms with van der Waals surface area (Å²) in [5, 5.41) is 2.67. The van der Waals surface area contributed by atoms with Crippen LogP contribution in [0.15, 0.2) is 24.3 Å². The smallest absolute Gasteiger partial charge is 0.261 e. The Bertz CT molecular complexity index is 513. The lowest BCUT2D eigenvalue weighted by Gasteiger charge is -2.14. The average molecular weight is 312 g/mol. The second-order valence-corrected chi connectivity index (χ2v) is 4.55. The molecule has 1 aromatic carbocycles. The van der Waals surface area contributed by atoms with E-state index in [4.69, 9.17) is 5.73 Å². The third-order valence-corrected chi connectivity index (χ3v) is 3.14. The van der Waals surface area contributed by atoms with Gasteiger partial charge in [-0.3, -0.25) is 19.3 Å². The van der Waals surface area contributed by atoms with E-state index >= 15 is 0 Å². The zero-order valence-electron chi connectivity index (χ0n) is 11.5. The van der Waals surface area contributed by atoms with Crippen LogP contribution in [0, 0.1) is 0 Å². The summed E-state index contributed by atoms with van der Waals surface area (Å²) in [4.78, 5) is 36.6. The Labute approximate surface area is 129 Å². The van der Waals surface area contributed by atoms with Crippen LogP contribution in [0.2, 0.25) is 0 Å². The number of nitrogens with zero attached hydrogens (tertiary/aromatic N) is 1. The molecule has 6 nitrogen and oxygen atoms in total. The van der Waals surface area contributed by atoms with Crippen LogP contribution in [0.4, 0.5) is 0 Å². The van der Waals surface area contributed by atoms with Crippen molar-refractivity contribution in [2.75, 3.05) is 19.6 Å². The van der Waals surface area contributed by atoms with E-state index in [-0.39, 0.29) is 43.2 Å². The predicted octanol–water partition coefficient (Wildman–Crippen LogP) is 0.559. The summed E-state index contributed by atoms with van der Waals surface area (Å²) in [6.07, 6.45) is 0.984. The third kappa shape index (κ3) is 3.80. The lowest BCUT2D eigenvalue weighted by atomic mass is 10.1. The second-order valence-electron chi connectivity index (χ2n) is 4.55. The molecule has 1 aliphatic rings. The van der Waals surface area contributed by atoms with E-state index < -0.39 is 0 Å². The number of carbonyl (C=O) groups is 3. The molecule has 0 radical (unpaired) electrons. The Morgan fingerprint density at radius 2 is 1.71 bits per heavy atom. The van der Waals surface area contributed by atoms with Crippen LogP contribution >= 0.6 is 12.4 Å². The van der Waals surface area contributed by atoms with E-state index in [0.29, 0.717) is 30.5 Å². The standard InChI is InChI=1S/C14H17N3O3.ClH/c15-7-3-6-12(18)16-8-9-17-13(19)10-4-1-2-5-11(10)14(17)20;/h1-2,4-5H,3,6-9,15H2,(H,16,18);1H. The highest BCUT2D eigenvalue weighted by Crippen LogP contribution is 2.21. The van der Waals surface area contributed by atoms with E-state index in [2.05, 4.69) is 5.32 Å². The minimum Gasteiger partial charge on any atom is -0.354 e. The Balaban J connectivity index is 0.00000220. The van der Waals surface area contributed by atoms with Gasteiger partial charge in [0.1, 0.15) is 0 Å². The number of hydrogen-bond acceptors (Lipinski definition) is 4. The zero-order chi connectivity index (χ0) is 14.5. The summed E-state index contributed by atoms with van der Waals surface area (Å²) >= 11 is 0. The molecular formula is C14H18ClN3O3. The summed E-state index contributed by atoms with van der Waals surface area (Å²) in [6.45, 7) is 0.904. The van der Waals surface area contributed by atoms with Gasteiger partial charge in [-0.25, -0.2) is 0 Å². The molecule has 7 heteroatoms. The number of fused-ring (bicyclic) bond motifs is 1. The summed E-state index contributed by atoms with van der Waals surface area (Å²) < 4.78 is 0. The SMILES string of the molecule is Cl.NCCCC(=O)NCCN1C(=O)c2ccccc2C1=O. The fraction of sp³-hybridized carbons (Fsp3) is 0.357. The quantitative estimate of drug-likeness (QED) is 0.751. The maximum absolute atomic E-state index is 12.0. The van der Waals surface area contributed by atoms with Gasteiger partial charge in [0, 0.05) is 19.5 Å². The number of imide groups is 1. The summed E-state index contributed by atoms with van der Waals surface area (Å²) in [6, 6.07) is 6.72. The number of nitrogens with two attached hydrogens (primary N) is 1. The second kappa shape index (κ2) is 7.75. The monoisotopic (exact) mass is 311 g/mol. The van der Waals surface area contributed by atoms with Gasteiger partial charge in [-0.1, -0.05) is 12.1 Å². The van der Waals surface area contributed by atoms with Crippen molar-refractivity contribution in [1.29, 1.82) is 0 Å². The van der Waals surface area contributed by atoms with E-state index in [1.54, 1.807) is 24.3 Å². The molecule has 0 saturated heterocycles. The molecule has 3 amide bonds. The molecule has 0 saturated carbocycles. The van der Waals surface area contributed by atoms with Crippen molar-refractivity contribution in [3.63, 3.8) is 0 Å². The van der Waals surface area contributed by atoms with Crippen molar-refractivity contribution in [3.05, 3.63) is 35.4 Å². The van der Waals surface area contributed by atoms with Gasteiger partial charge in [0.05, 0.1) is 11.1 Å². The first-order valence-electron chi connectivity index (χ1n) is 6.57. The van der Waals surface area contributed by atoms with Gasteiger partial charge in [0.25, 0.3) is 11.8 Å². The number of rotatable bonds is 6. The van der Waals surface area contributed by atoms with Crippen molar-refractivity contribution >= 4 is 30.1 Å². The van der Waals surface area contributed by atoms with Crippen LogP contribution in [0.1, 0.15) is 33.6 Å². The predicted molar refractivity (Wildman–Crippen MR) is 80.4 cm³/mol. The maximum Gasteiger partial charge on any atom is 0.261 e. The molecule has 1 heterocycles. The molecule has 0 unspecified atom stereocenters. The molecule has 0 fully saturated rings. The number of halogens is 1. The third-order valence-electron chi connectivity index (χ3n) is 3.14. The molecule has 0 aliphatic carbocycles. The van der Waals surface area contributed by atoms with Crippen molar-refractivity contribution in [2.24, 2.45) is 5.73 Å². The highest BCUT2D eigenvalue weighted by atomic mass is 35.5. The zero-order valence-corrected chi connectivity index (χ0v) is 12.3. The Morgan fingerprint density at radius 1 is 1.14 bits per heavy atom. The van der Waals surface area contributed by atoms with E-state index in [9.17, 15) is 14.4 Å². The number of amides is 3. The first-order chi connectivity index (χ1) is 9.65. The van der Waals surface area contributed by atoms with Crippen molar-refractivity contribution in [3.8, 4) is 0 Å². The molecule has 1 aliphatic heterocycles. The van der Waals surface area contributed by atoms with Crippen LogP contribution < -0.4 is 11.1 Å². The first-order valence-corrected chi connectivity index (χ1v) is 6.57. The maximum atomic E-state index is 12.0. The number of nitrogens with one attached hydrogen (secondary N) is 1. The molecule has 1 aromatic rings. The van der Waals surface area contributed by atoms with E-state index in [1.165, 1.54) is 0 Å². The molecule has 2 rings (SSSR count). The fourth-order valence-corrected chi connectivity index (χ4v) is 2.10. The summed E-state index contributed by atoms with van der Waals surface area (Å²) in [5.74, 6) is -0.726. The Morgan fingerprint density at radius 3 is 2.24 bits per heavy atom. The van der Waals surface area contributed by atoms with Gasteiger partial charge in [-0.05, 0) is 25.1 Å². The summed E-state index contributed by atoms with van der Waals surface area (Å²) in [5.41, 5.74) is 6.16. The molecular weight excluding hydrogens is 294 g/mol. The molecule has 0 spiro atoms. The minimum atomic E-state index is -0.304. The van der Waals surface area contributed by atoms with Gasteiger partial charge in [-0.15, -0.1) is 12.4 Å². The van der Waals surface area contributed by atoms with Gasteiger partial charge < -0.3 is 11.1 Å². The summed E-state index contributed by atoms with van der Waals surface area (Å²) in [7, 11) is 0. The van der Waals surface area contributed by atoms with Crippen molar-refractivity contribution < 1.29 is 14.4 Å². The highest BCUT2D eigenvalue weighted by molar-refractivity contribution is 6.21. The number of carbonyl (C=O) groups excluding carboxylic acids is 3. The molecule has 114 valence electrons.